The summed E-state index contributed by atoms with van der Waals surface area (Å²) in [5.41, 5.74) is 2.99. The van der Waals surface area contributed by atoms with E-state index in [1.807, 2.05) is 36.1 Å². The largest absolute Gasteiger partial charge is 0.493 e. The highest BCUT2D eigenvalue weighted by atomic mass is 16.5. The summed E-state index contributed by atoms with van der Waals surface area (Å²) in [5.74, 6) is 0.301. The van der Waals surface area contributed by atoms with Crippen LogP contribution in [0.15, 0.2) is 48.2 Å². The fourth-order valence-corrected chi connectivity index (χ4v) is 4.41. The number of aryl methyl sites for hydroxylation is 1. The van der Waals surface area contributed by atoms with Gasteiger partial charge in [-0.3, -0.25) is 9.59 Å². The first-order valence-electron chi connectivity index (χ1n) is 10.8. The topological polar surface area (TPSA) is 79.3 Å². The van der Waals surface area contributed by atoms with E-state index in [1.54, 1.807) is 18.2 Å². The number of hydrogen-bond donors (Lipinski definition) is 1. The van der Waals surface area contributed by atoms with Crippen LogP contribution in [-0.4, -0.2) is 55.7 Å². The molecule has 2 aromatic carbocycles. The quantitative estimate of drug-likeness (QED) is 0.702. The molecule has 0 aliphatic carbocycles. The fraction of sp³-hybridized carbons (Fsp3) is 0.360. The maximum absolute atomic E-state index is 13.7. The third kappa shape index (κ3) is 3.84. The molecule has 0 spiro atoms. The van der Waals surface area contributed by atoms with Crippen molar-refractivity contribution < 1.29 is 24.2 Å². The average molecular weight is 437 g/mol. The second-order valence-electron chi connectivity index (χ2n) is 8.21. The van der Waals surface area contributed by atoms with Crippen molar-refractivity contribution in [2.24, 2.45) is 5.92 Å². The van der Waals surface area contributed by atoms with E-state index in [0.29, 0.717) is 47.1 Å². The SMILES string of the molecule is COc1ccc(N2C(=O)C(c3ccc(C)cc3)=C(N3CCCC(CO)C3)C2=O)cc1OC. The van der Waals surface area contributed by atoms with E-state index < -0.39 is 0 Å². The van der Waals surface area contributed by atoms with Crippen molar-refractivity contribution in [2.45, 2.75) is 19.8 Å². The molecular formula is C25H28N2O5. The molecule has 0 radical (unpaired) electrons. The van der Waals surface area contributed by atoms with Gasteiger partial charge in [-0.2, -0.15) is 0 Å². The minimum atomic E-state index is -0.368. The summed E-state index contributed by atoms with van der Waals surface area (Å²) in [4.78, 5) is 30.5. The van der Waals surface area contributed by atoms with E-state index >= 15 is 0 Å². The Morgan fingerprint density at radius 3 is 2.38 bits per heavy atom. The van der Waals surface area contributed by atoms with Gasteiger partial charge in [0.15, 0.2) is 11.5 Å². The van der Waals surface area contributed by atoms with E-state index in [1.165, 1.54) is 19.1 Å². The minimum Gasteiger partial charge on any atom is -0.493 e. The fourth-order valence-electron chi connectivity index (χ4n) is 4.41. The number of ether oxygens (including phenoxy) is 2. The van der Waals surface area contributed by atoms with Gasteiger partial charge in [0.25, 0.3) is 11.8 Å². The van der Waals surface area contributed by atoms with Crippen molar-refractivity contribution in [3.63, 3.8) is 0 Å². The Balaban J connectivity index is 1.80. The molecule has 2 heterocycles. The molecule has 0 saturated carbocycles. The summed E-state index contributed by atoms with van der Waals surface area (Å²) in [6.45, 7) is 3.25. The van der Waals surface area contributed by atoms with Crippen LogP contribution in [0.1, 0.15) is 24.0 Å². The number of amides is 2. The maximum Gasteiger partial charge on any atom is 0.282 e. The molecule has 0 bridgehead atoms. The number of piperidine rings is 1. The Morgan fingerprint density at radius 2 is 1.72 bits per heavy atom. The third-order valence-corrected chi connectivity index (χ3v) is 6.12. The number of nitrogens with zero attached hydrogens (tertiary/aromatic N) is 2. The standard InChI is InChI=1S/C25H28N2O5/c1-16-6-8-18(9-7-16)22-23(26-12-4-5-17(14-26)15-28)25(30)27(24(22)29)19-10-11-20(31-2)21(13-19)32-3/h6-11,13,17,28H,4-5,12,14-15H2,1-3H3. The number of carbonyl (C=O) groups is 2. The average Bonchev–Trinajstić information content (AvgIpc) is 3.09. The predicted octanol–water partition coefficient (Wildman–Crippen LogP) is 3.00. The van der Waals surface area contributed by atoms with Crippen LogP contribution in [0.4, 0.5) is 5.69 Å². The van der Waals surface area contributed by atoms with E-state index in [0.717, 1.165) is 18.4 Å². The van der Waals surface area contributed by atoms with Crippen LogP contribution in [0.2, 0.25) is 0 Å². The lowest BCUT2D eigenvalue weighted by Gasteiger charge is -2.34. The van der Waals surface area contributed by atoms with Gasteiger partial charge >= 0.3 is 0 Å². The smallest absolute Gasteiger partial charge is 0.282 e. The number of rotatable bonds is 6. The van der Waals surface area contributed by atoms with Crippen molar-refractivity contribution in [3.8, 4) is 11.5 Å². The first-order valence-corrected chi connectivity index (χ1v) is 10.8. The molecule has 1 atom stereocenters. The maximum atomic E-state index is 13.7. The number of imide groups is 1. The molecule has 1 N–H and O–H groups in total. The number of carbonyl (C=O) groups excluding carboxylic acids is 2. The molecule has 2 aromatic rings. The zero-order chi connectivity index (χ0) is 22.8. The first kappa shape index (κ1) is 21.9. The van der Waals surface area contributed by atoms with Crippen LogP contribution in [0, 0.1) is 12.8 Å². The molecule has 7 nitrogen and oxygen atoms in total. The van der Waals surface area contributed by atoms with Gasteiger partial charge in [0.2, 0.25) is 0 Å². The zero-order valence-corrected chi connectivity index (χ0v) is 18.6. The number of aliphatic hydroxyl groups is 1. The van der Waals surface area contributed by atoms with Crippen LogP contribution in [0.25, 0.3) is 5.57 Å². The molecule has 7 heteroatoms. The lowest BCUT2D eigenvalue weighted by molar-refractivity contribution is -0.120. The Labute approximate surface area is 187 Å². The Kier molecular flexibility index (Phi) is 6.19. The van der Waals surface area contributed by atoms with Crippen LogP contribution >= 0.6 is 0 Å². The van der Waals surface area contributed by atoms with Gasteiger partial charge < -0.3 is 19.5 Å². The number of methoxy groups -OCH3 is 2. The Bertz CT molecular complexity index is 1060. The summed E-state index contributed by atoms with van der Waals surface area (Å²) in [6, 6.07) is 12.6. The molecule has 1 fully saturated rings. The normalized spacial score (nSPS) is 19.1. The molecule has 1 unspecified atom stereocenters. The predicted molar refractivity (Wildman–Crippen MR) is 122 cm³/mol. The first-order chi connectivity index (χ1) is 15.5. The molecule has 2 amide bonds. The number of benzene rings is 2. The van der Waals surface area contributed by atoms with Gasteiger partial charge in [-0.1, -0.05) is 29.8 Å². The minimum absolute atomic E-state index is 0.0607. The molecule has 1 saturated heterocycles. The molecular weight excluding hydrogens is 408 g/mol. The Morgan fingerprint density at radius 1 is 1.00 bits per heavy atom. The van der Waals surface area contributed by atoms with Gasteiger partial charge in [0.05, 0.1) is 25.5 Å². The van der Waals surface area contributed by atoms with E-state index in [-0.39, 0.29) is 24.3 Å². The van der Waals surface area contributed by atoms with Gasteiger partial charge in [-0.05, 0) is 43.4 Å². The molecule has 2 aliphatic heterocycles. The number of anilines is 1. The van der Waals surface area contributed by atoms with Crippen LogP contribution in [0.3, 0.4) is 0 Å². The molecule has 32 heavy (non-hydrogen) atoms. The number of likely N-dealkylation sites (tertiary alicyclic amines) is 1. The second kappa shape index (κ2) is 9.04. The molecule has 4 rings (SSSR count). The summed E-state index contributed by atoms with van der Waals surface area (Å²) in [6.07, 6.45) is 1.76. The Hall–Kier alpha value is -3.32. The lowest BCUT2D eigenvalue weighted by Crippen LogP contribution is -2.40. The van der Waals surface area contributed by atoms with Crippen molar-refractivity contribution in [3.05, 3.63) is 59.3 Å². The summed E-state index contributed by atoms with van der Waals surface area (Å²) < 4.78 is 10.7. The zero-order valence-electron chi connectivity index (χ0n) is 18.6. The highest BCUT2D eigenvalue weighted by molar-refractivity contribution is 6.45. The molecule has 0 aromatic heterocycles. The van der Waals surface area contributed by atoms with E-state index in [9.17, 15) is 14.7 Å². The van der Waals surface area contributed by atoms with Gasteiger partial charge in [-0.15, -0.1) is 0 Å². The second-order valence-corrected chi connectivity index (χ2v) is 8.21. The van der Waals surface area contributed by atoms with Crippen molar-refractivity contribution in [1.82, 2.24) is 4.90 Å². The molecule has 2 aliphatic rings. The summed E-state index contributed by atoms with van der Waals surface area (Å²) >= 11 is 0. The highest BCUT2D eigenvalue weighted by Gasteiger charge is 2.43. The van der Waals surface area contributed by atoms with Crippen LogP contribution in [0.5, 0.6) is 11.5 Å². The van der Waals surface area contributed by atoms with E-state index in [2.05, 4.69) is 0 Å². The van der Waals surface area contributed by atoms with Crippen LogP contribution < -0.4 is 14.4 Å². The van der Waals surface area contributed by atoms with Gasteiger partial charge in [0, 0.05) is 25.8 Å². The van der Waals surface area contributed by atoms with Crippen LogP contribution in [-0.2, 0) is 9.59 Å². The third-order valence-electron chi connectivity index (χ3n) is 6.12. The monoisotopic (exact) mass is 436 g/mol. The van der Waals surface area contributed by atoms with Crippen molar-refractivity contribution >= 4 is 23.1 Å². The van der Waals surface area contributed by atoms with Gasteiger partial charge in [0.1, 0.15) is 5.70 Å². The van der Waals surface area contributed by atoms with Crippen molar-refractivity contribution in [2.75, 3.05) is 38.8 Å². The lowest BCUT2D eigenvalue weighted by atomic mass is 9.96. The highest BCUT2D eigenvalue weighted by Crippen LogP contribution is 2.39. The summed E-state index contributed by atoms with van der Waals surface area (Å²) in [7, 11) is 3.05. The number of aliphatic hydroxyl groups excluding tert-OH is 1. The molecule has 168 valence electrons. The summed E-state index contributed by atoms with van der Waals surface area (Å²) in [5, 5.41) is 9.69. The van der Waals surface area contributed by atoms with E-state index in [4.69, 9.17) is 9.47 Å². The van der Waals surface area contributed by atoms with Gasteiger partial charge in [-0.25, -0.2) is 4.90 Å². The number of hydrogen-bond acceptors (Lipinski definition) is 6. The van der Waals surface area contributed by atoms with Crippen molar-refractivity contribution in [1.29, 1.82) is 0 Å².